The van der Waals surface area contributed by atoms with Gasteiger partial charge in [0.25, 0.3) is 0 Å². The second-order valence-corrected chi connectivity index (χ2v) is 14.4. The summed E-state index contributed by atoms with van der Waals surface area (Å²) in [7, 11) is 0. The number of aromatic nitrogens is 3. The van der Waals surface area contributed by atoms with Crippen LogP contribution in [0.1, 0.15) is 11.1 Å². The fourth-order valence-electron chi connectivity index (χ4n) is 8.46. The smallest absolute Gasteiger partial charge is 0.160 e. The van der Waals surface area contributed by atoms with E-state index in [0.29, 0.717) is 5.82 Å². The molecule has 10 aromatic rings. The molecule has 256 valence electrons. The standard InChI is InChI=1S/C52H33N3/c1-2-13-34(14-3-1)52-54-49(38-23-22-33-12-4-5-15-35(33)26-38)32-50(55-52)41-28-39(43-24-25-53-51-44-19-9-7-17-37(44)31-48(43)51)27-40(29-41)47-30-36-16-6-8-18-42(36)45-20-10-11-21-46(45)47/h1-30,32H,31H2. The van der Waals surface area contributed by atoms with Gasteiger partial charge in [-0.15, -0.1) is 0 Å². The van der Waals surface area contributed by atoms with Gasteiger partial charge in [0.15, 0.2) is 5.82 Å². The molecule has 0 fully saturated rings. The lowest BCUT2D eigenvalue weighted by atomic mass is 9.89. The van der Waals surface area contributed by atoms with Crippen LogP contribution >= 0.6 is 0 Å². The molecular formula is C52H33N3. The van der Waals surface area contributed by atoms with Crippen molar-refractivity contribution in [1.82, 2.24) is 15.0 Å². The monoisotopic (exact) mass is 699 g/mol. The summed E-state index contributed by atoms with van der Waals surface area (Å²) in [5, 5.41) is 7.33. The summed E-state index contributed by atoms with van der Waals surface area (Å²) >= 11 is 0. The van der Waals surface area contributed by atoms with Gasteiger partial charge in [0.2, 0.25) is 0 Å². The lowest BCUT2D eigenvalue weighted by Crippen LogP contribution is -1.97. The lowest BCUT2D eigenvalue weighted by Gasteiger charge is -2.16. The molecule has 3 nitrogen and oxygen atoms in total. The van der Waals surface area contributed by atoms with Crippen molar-refractivity contribution in [1.29, 1.82) is 0 Å². The Morgan fingerprint density at radius 1 is 0.364 bits per heavy atom. The summed E-state index contributed by atoms with van der Waals surface area (Å²) < 4.78 is 0. The van der Waals surface area contributed by atoms with E-state index in [0.717, 1.165) is 51.3 Å². The van der Waals surface area contributed by atoms with E-state index in [9.17, 15) is 0 Å². The topological polar surface area (TPSA) is 38.7 Å². The van der Waals surface area contributed by atoms with Crippen LogP contribution in [-0.2, 0) is 6.42 Å². The summed E-state index contributed by atoms with van der Waals surface area (Å²) in [5.74, 6) is 0.699. The quantitative estimate of drug-likeness (QED) is 0.168. The molecule has 0 radical (unpaired) electrons. The average Bonchev–Trinajstić information content (AvgIpc) is 3.65. The van der Waals surface area contributed by atoms with E-state index in [1.165, 1.54) is 60.1 Å². The van der Waals surface area contributed by atoms with E-state index < -0.39 is 0 Å². The summed E-state index contributed by atoms with van der Waals surface area (Å²) in [6, 6.07) is 65.2. The van der Waals surface area contributed by atoms with E-state index in [-0.39, 0.29) is 0 Å². The van der Waals surface area contributed by atoms with Crippen molar-refractivity contribution in [3.05, 3.63) is 199 Å². The van der Waals surface area contributed by atoms with Crippen LogP contribution < -0.4 is 0 Å². The highest BCUT2D eigenvalue weighted by Gasteiger charge is 2.24. The summed E-state index contributed by atoms with van der Waals surface area (Å²) in [6.45, 7) is 0. The van der Waals surface area contributed by atoms with Crippen LogP contribution in [0.3, 0.4) is 0 Å². The molecule has 0 unspecified atom stereocenters. The van der Waals surface area contributed by atoms with Gasteiger partial charge in [0, 0.05) is 34.9 Å². The van der Waals surface area contributed by atoms with Crippen LogP contribution in [0.25, 0.3) is 99.7 Å². The van der Waals surface area contributed by atoms with Crippen molar-refractivity contribution in [2.24, 2.45) is 0 Å². The average molecular weight is 700 g/mol. The maximum Gasteiger partial charge on any atom is 0.160 e. The second kappa shape index (κ2) is 12.7. The Kier molecular flexibility index (Phi) is 7.24. The first-order chi connectivity index (χ1) is 27.2. The minimum Gasteiger partial charge on any atom is -0.256 e. The Hall–Kier alpha value is -7.23. The van der Waals surface area contributed by atoms with Gasteiger partial charge in [-0.05, 0) is 108 Å². The molecule has 0 amide bonds. The van der Waals surface area contributed by atoms with Crippen molar-refractivity contribution in [3.8, 4) is 67.4 Å². The van der Waals surface area contributed by atoms with E-state index in [1.54, 1.807) is 0 Å². The van der Waals surface area contributed by atoms with Crippen LogP contribution in [0.15, 0.2) is 188 Å². The normalized spacial score (nSPS) is 11.9. The molecular weight excluding hydrogens is 667 g/mol. The molecule has 0 N–H and O–H groups in total. The van der Waals surface area contributed by atoms with Gasteiger partial charge in [-0.3, -0.25) is 4.98 Å². The zero-order valence-electron chi connectivity index (χ0n) is 29.9. The first kappa shape index (κ1) is 31.3. The number of nitrogens with zero attached hydrogens (tertiary/aromatic N) is 3. The van der Waals surface area contributed by atoms with Crippen LogP contribution in [0.2, 0.25) is 0 Å². The van der Waals surface area contributed by atoms with Crippen molar-refractivity contribution in [3.63, 3.8) is 0 Å². The Labute approximate surface area is 319 Å². The molecule has 2 heterocycles. The number of hydrogen-bond acceptors (Lipinski definition) is 3. The minimum atomic E-state index is 0.699. The molecule has 0 aliphatic heterocycles. The molecule has 0 saturated carbocycles. The molecule has 2 aromatic heterocycles. The Morgan fingerprint density at radius 2 is 1.02 bits per heavy atom. The van der Waals surface area contributed by atoms with Crippen molar-refractivity contribution < 1.29 is 0 Å². The third-order valence-electron chi connectivity index (χ3n) is 11.1. The Bertz CT molecular complexity index is 3130. The highest BCUT2D eigenvalue weighted by atomic mass is 14.9. The predicted octanol–water partition coefficient (Wildman–Crippen LogP) is 13.2. The van der Waals surface area contributed by atoms with Crippen LogP contribution in [0, 0.1) is 0 Å². The molecule has 8 aromatic carbocycles. The van der Waals surface area contributed by atoms with E-state index in [4.69, 9.17) is 15.0 Å². The van der Waals surface area contributed by atoms with Crippen molar-refractivity contribution in [2.75, 3.05) is 0 Å². The highest BCUT2D eigenvalue weighted by molar-refractivity contribution is 6.14. The molecule has 3 heteroatoms. The molecule has 0 spiro atoms. The molecule has 0 bridgehead atoms. The van der Waals surface area contributed by atoms with Crippen LogP contribution in [-0.4, -0.2) is 15.0 Å². The van der Waals surface area contributed by atoms with E-state index >= 15 is 0 Å². The number of hydrogen-bond donors (Lipinski definition) is 0. The molecule has 55 heavy (non-hydrogen) atoms. The zero-order chi connectivity index (χ0) is 36.3. The van der Waals surface area contributed by atoms with Crippen molar-refractivity contribution in [2.45, 2.75) is 6.42 Å². The third-order valence-corrected chi connectivity index (χ3v) is 11.1. The van der Waals surface area contributed by atoms with Crippen LogP contribution in [0.5, 0.6) is 0 Å². The number of pyridine rings is 1. The van der Waals surface area contributed by atoms with Gasteiger partial charge < -0.3 is 0 Å². The second-order valence-electron chi connectivity index (χ2n) is 14.4. The predicted molar refractivity (Wildman–Crippen MR) is 228 cm³/mol. The van der Waals surface area contributed by atoms with Gasteiger partial charge in [-0.1, -0.05) is 140 Å². The molecule has 1 aliphatic carbocycles. The number of rotatable bonds is 5. The third kappa shape index (κ3) is 5.40. The van der Waals surface area contributed by atoms with Gasteiger partial charge in [-0.25, -0.2) is 9.97 Å². The molecule has 0 saturated heterocycles. The molecule has 11 rings (SSSR count). The zero-order valence-corrected chi connectivity index (χ0v) is 29.9. The fraction of sp³-hybridized carbons (Fsp3) is 0.0192. The number of benzene rings is 8. The Balaban J connectivity index is 1.18. The summed E-state index contributed by atoms with van der Waals surface area (Å²) in [4.78, 5) is 15.4. The maximum atomic E-state index is 5.33. The highest BCUT2D eigenvalue weighted by Crippen LogP contribution is 2.44. The summed E-state index contributed by atoms with van der Waals surface area (Å²) in [5.41, 5.74) is 14.4. The number of fused-ring (bicyclic) bond motifs is 7. The fourth-order valence-corrected chi connectivity index (χ4v) is 8.46. The summed E-state index contributed by atoms with van der Waals surface area (Å²) in [6.07, 6.45) is 2.81. The first-order valence-electron chi connectivity index (χ1n) is 18.8. The lowest BCUT2D eigenvalue weighted by molar-refractivity contribution is 1.18. The van der Waals surface area contributed by atoms with E-state index in [1.807, 2.05) is 24.4 Å². The van der Waals surface area contributed by atoms with Gasteiger partial charge in [-0.2, -0.15) is 0 Å². The van der Waals surface area contributed by atoms with Gasteiger partial charge in [0.1, 0.15) is 0 Å². The maximum absolute atomic E-state index is 5.33. The first-order valence-corrected chi connectivity index (χ1v) is 18.8. The van der Waals surface area contributed by atoms with Gasteiger partial charge in [0.05, 0.1) is 17.1 Å². The van der Waals surface area contributed by atoms with Crippen LogP contribution in [0.4, 0.5) is 0 Å². The SMILES string of the molecule is c1ccc(-c2nc(-c3cc(-c4ccnc5c4Cc4ccccc4-5)cc(-c4cc5ccccc5c5ccccc45)c3)cc(-c3ccc4ccccc4c3)n2)cc1. The van der Waals surface area contributed by atoms with Crippen molar-refractivity contribution >= 4 is 32.3 Å². The minimum absolute atomic E-state index is 0.699. The molecule has 0 atom stereocenters. The Morgan fingerprint density at radius 3 is 1.87 bits per heavy atom. The van der Waals surface area contributed by atoms with E-state index in [2.05, 4.69) is 164 Å². The largest absolute Gasteiger partial charge is 0.256 e. The van der Waals surface area contributed by atoms with Gasteiger partial charge >= 0.3 is 0 Å². The molecule has 1 aliphatic rings.